The Morgan fingerprint density at radius 1 is 0.661 bits per heavy atom. The van der Waals surface area contributed by atoms with Crippen LogP contribution in [-0.2, 0) is 14.3 Å². The van der Waals surface area contributed by atoms with Crippen LogP contribution in [0.15, 0.2) is 151 Å². The summed E-state index contributed by atoms with van der Waals surface area (Å²) in [4.78, 5) is 44.6. The number of carbonyl (C=O) groups is 3. The van der Waals surface area contributed by atoms with E-state index in [1.54, 1.807) is 24.7 Å². The Bertz CT molecular complexity index is 2800. The molecule has 0 spiro atoms. The second-order valence-corrected chi connectivity index (χ2v) is 15.4. The van der Waals surface area contributed by atoms with Gasteiger partial charge in [0.1, 0.15) is 5.88 Å². The van der Waals surface area contributed by atoms with Crippen molar-refractivity contribution >= 4 is 101 Å². The standard InChI is InChI=1S/C22H17ClN4O2S.C22H16N4O2S/c23-11-21(28)26-27-22(29)19-10-17-18(12-24-13-20(17)30-19)25-16-8-6-15(7-9-16)14-4-2-1-3-5-14;27-21-13-28-22(26-25-21)19-10-17-18(11-23-12-20(17)29-19)24-16-8-6-15(7-9-16)14-4-2-1-3-5-14/h1-10,12-13,25H,11H2,(H,26,28)(H,27,29);1-12,24H,13H2,(H,25,27). The summed E-state index contributed by atoms with van der Waals surface area (Å²) in [5, 5.41) is 12.7. The Hall–Kier alpha value is -7.13. The Labute approximate surface area is 350 Å². The average molecular weight is 837 g/mol. The fraction of sp³-hybridized carbons (Fsp3) is 0.0455. The Kier molecular flexibility index (Phi) is 11.8. The highest BCUT2D eigenvalue weighted by atomic mass is 35.5. The van der Waals surface area contributed by atoms with Crippen LogP contribution in [0.2, 0.25) is 0 Å². The van der Waals surface area contributed by atoms with Crippen LogP contribution in [-0.4, -0.2) is 46.1 Å². The molecule has 0 bridgehead atoms. The van der Waals surface area contributed by atoms with E-state index >= 15 is 0 Å². The van der Waals surface area contributed by atoms with Crippen LogP contribution < -0.4 is 26.9 Å². The average Bonchev–Trinajstić information content (AvgIpc) is 3.94. The second kappa shape index (κ2) is 18.0. The predicted molar refractivity (Wildman–Crippen MR) is 237 cm³/mol. The number of carbonyl (C=O) groups excluding carboxylic acids is 3. The minimum Gasteiger partial charge on any atom is -0.465 e. The molecule has 0 unspecified atom stereocenters. The number of nitrogens with one attached hydrogen (secondary N) is 5. The van der Waals surface area contributed by atoms with Crippen molar-refractivity contribution in [2.75, 3.05) is 23.1 Å². The summed E-state index contributed by atoms with van der Waals surface area (Å²) in [7, 11) is 0. The lowest BCUT2D eigenvalue weighted by atomic mass is 10.1. The third-order valence-corrected chi connectivity index (χ3v) is 11.3. The molecule has 15 heteroatoms. The van der Waals surface area contributed by atoms with Crippen LogP contribution >= 0.6 is 34.3 Å². The van der Waals surface area contributed by atoms with Crippen LogP contribution in [0.4, 0.5) is 22.7 Å². The summed E-state index contributed by atoms with van der Waals surface area (Å²) in [5.41, 5.74) is 15.3. The first-order valence-electron chi connectivity index (χ1n) is 18.1. The van der Waals surface area contributed by atoms with Crippen molar-refractivity contribution in [3.63, 3.8) is 0 Å². The number of pyridine rings is 2. The lowest BCUT2D eigenvalue weighted by Crippen LogP contribution is -2.41. The largest absolute Gasteiger partial charge is 0.465 e. The normalized spacial score (nSPS) is 12.0. The van der Waals surface area contributed by atoms with Gasteiger partial charge in [-0.05, 0) is 58.7 Å². The maximum Gasteiger partial charge on any atom is 0.279 e. The van der Waals surface area contributed by atoms with Crippen molar-refractivity contribution in [1.29, 1.82) is 0 Å². The van der Waals surface area contributed by atoms with Gasteiger partial charge in [-0.1, -0.05) is 84.9 Å². The molecule has 8 aromatic rings. The van der Waals surface area contributed by atoms with E-state index in [4.69, 9.17) is 16.3 Å². The molecule has 3 amide bonds. The van der Waals surface area contributed by atoms with Gasteiger partial charge in [0.15, 0.2) is 6.61 Å². The van der Waals surface area contributed by atoms with Gasteiger partial charge in [0.25, 0.3) is 17.7 Å². The number of hydrogen-bond acceptors (Lipinski definition) is 11. The number of halogens is 1. The van der Waals surface area contributed by atoms with Crippen molar-refractivity contribution < 1.29 is 19.1 Å². The number of nitrogens with zero attached hydrogens (tertiary/aromatic N) is 3. The van der Waals surface area contributed by atoms with E-state index in [2.05, 4.69) is 103 Å². The quantitative estimate of drug-likeness (QED) is 0.0711. The number of thiophene rings is 2. The minimum absolute atomic E-state index is 0.0236. The molecule has 5 heterocycles. The third-order valence-electron chi connectivity index (χ3n) is 8.93. The van der Waals surface area contributed by atoms with E-state index in [1.807, 2.05) is 60.8 Å². The maximum atomic E-state index is 12.3. The highest BCUT2D eigenvalue weighted by Gasteiger charge is 2.18. The topological polar surface area (TPSA) is 159 Å². The van der Waals surface area contributed by atoms with Crippen molar-refractivity contribution in [3.05, 3.63) is 156 Å². The predicted octanol–water partition coefficient (Wildman–Crippen LogP) is 9.22. The molecule has 9 rings (SSSR count). The van der Waals surface area contributed by atoms with Gasteiger partial charge in [0.2, 0.25) is 5.90 Å². The fourth-order valence-corrected chi connectivity index (χ4v) is 8.08. The summed E-state index contributed by atoms with van der Waals surface area (Å²) >= 11 is 8.22. The molecule has 4 aromatic heterocycles. The number of rotatable bonds is 9. The third kappa shape index (κ3) is 9.37. The van der Waals surface area contributed by atoms with Crippen LogP contribution in [0.5, 0.6) is 0 Å². The highest BCUT2D eigenvalue weighted by molar-refractivity contribution is 7.21. The SMILES string of the molecule is O=C(CCl)NNC(=O)c1cc2c(Nc3ccc(-c4ccccc4)cc3)cncc2s1.O=C1COC(c2cc3c(Nc4ccc(-c5ccccc5)cc4)cncc3s2)=NN1. The summed E-state index contributed by atoms with van der Waals surface area (Å²) in [6.45, 7) is -0.0236. The van der Waals surface area contributed by atoms with Gasteiger partial charge in [-0.25, -0.2) is 5.43 Å². The lowest BCUT2D eigenvalue weighted by molar-refractivity contribution is -0.124. The molecule has 12 nitrogen and oxygen atoms in total. The number of ether oxygens (including phenoxy) is 1. The van der Waals surface area contributed by atoms with Crippen molar-refractivity contribution in [1.82, 2.24) is 26.2 Å². The van der Waals surface area contributed by atoms with Crippen molar-refractivity contribution in [2.45, 2.75) is 0 Å². The van der Waals surface area contributed by atoms with Gasteiger partial charge < -0.3 is 15.4 Å². The van der Waals surface area contributed by atoms with Crippen LogP contribution in [0.25, 0.3) is 42.4 Å². The van der Waals surface area contributed by atoms with Gasteiger partial charge in [-0.3, -0.25) is 35.2 Å². The molecule has 0 radical (unpaired) electrons. The van der Waals surface area contributed by atoms with Gasteiger partial charge in [0.05, 0.1) is 42.9 Å². The van der Waals surface area contributed by atoms with E-state index in [1.165, 1.54) is 33.8 Å². The molecule has 1 aliphatic heterocycles. The number of hydrazone groups is 1. The summed E-state index contributed by atoms with van der Waals surface area (Å²) < 4.78 is 7.29. The fourth-order valence-electron chi connectivity index (χ4n) is 6.06. The first-order chi connectivity index (χ1) is 28.9. The molecule has 0 saturated heterocycles. The zero-order chi connectivity index (χ0) is 40.6. The molecule has 292 valence electrons. The minimum atomic E-state index is -0.478. The number of benzene rings is 4. The maximum absolute atomic E-state index is 12.3. The number of fused-ring (bicyclic) bond motifs is 2. The van der Waals surface area contributed by atoms with Crippen molar-refractivity contribution in [2.24, 2.45) is 5.10 Å². The highest BCUT2D eigenvalue weighted by Crippen LogP contribution is 2.34. The number of anilines is 4. The smallest absolute Gasteiger partial charge is 0.279 e. The molecule has 5 N–H and O–H groups in total. The molecular formula is C44H33ClN8O4S2. The molecular weight excluding hydrogens is 804 g/mol. The molecule has 59 heavy (non-hydrogen) atoms. The molecule has 0 atom stereocenters. The zero-order valence-electron chi connectivity index (χ0n) is 30.9. The molecule has 4 aromatic carbocycles. The summed E-state index contributed by atoms with van der Waals surface area (Å²) in [5.74, 6) is -0.947. The zero-order valence-corrected chi connectivity index (χ0v) is 33.3. The van der Waals surface area contributed by atoms with E-state index in [0.29, 0.717) is 10.8 Å². The van der Waals surface area contributed by atoms with Gasteiger partial charge in [0, 0.05) is 34.5 Å². The summed E-state index contributed by atoms with van der Waals surface area (Å²) in [6, 6.07) is 40.6. The van der Waals surface area contributed by atoms with Crippen LogP contribution in [0.1, 0.15) is 14.5 Å². The van der Waals surface area contributed by atoms with Gasteiger partial charge >= 0.3 is 0 Å². The molecule has 1 aliphatic rings. The number of amides is 3. The van der Waals surface area contributed by atoms with E-state index in [0.717, 1.165) is 58.9 Å². The lowest BCUT2D eigenvalue weighted by Gasteiger charge is -2.11. The second-order valence-electron chi connectivity index (χ2n) is 12.9. The first kappa shape index (κ1) is 38.7. The monoisotopic (exact) mass is 836 g/mol. The summed E-state index contributed by atoms with van der Waals surface area (Å²) in [6.07, 6.45) is 7.04. The van der Waals surface area contributed by atoms with Gasteiger partial charge in [-0.15, -0.1) is 39.4 Å². The van der Waals surface area contributed by atoms with E-state index in [-0.39, 0.29) is 18.4 Å². The van der Waals surface area contributed by atoms with E-state index in [9.17, 15) is 14.4 Å². The first-order valence-corrected chi connectivity index (χ1v) is 20.3. The molecule has 0 fully saturated rings. The van der Waals surface area contributed by atoms with Crippen molar-refractivity contribution in [3.8, 4) is 22.3 Å². The molecule has 0 saturated carbocycles. The van der Waals surface area contributed by atoms with Gasteiger partial charge in [-0.2, -0.15) is 0 Å². The Morgan fingerprint density at radius 2 is 1.19 bits per heavy atom. The number of hydrogen-bond donors (Lipinski definition) is 5. The number of aromatic nitrogens is 2. The molecule has 0 aliphatic carbocycles. The Morgan fingerprint density at radius 3 is 1.71 bits per heavy atom. The van der Waals surface area contributed by atoms with Crippen LogP contribution in [0, 0.1) is 0 Å². The van der Waals surface area contributed by atoms with E-state index < -0.39 is 11.8 Å². The number of hydrazine groups is 1. The Balaban J connectivity index is 0.000000164. The number of alkyl halides is 1. The van der Waals surface area contributed by atoms with Crippen LogP contribution in [0.3, 0.4) is 0 Å².